The average molecular weight is 458 g/mol. The van der Waals surface area contributed by atoms with Gasteiger partial charge in [-0.25, -0.2) is 9.98 Å². The Bertz CT molecular complexity index is 1590. The smallest absolute Gasteiger partial charge is 0.162 e. The number of ether oxygens (including phenoxy) is 2. The second kappa shape index (κ2) is 8.61. The molecule has 0 atom stereocenters. The highest BCUT2D eigenvalue weighted by molar-refractivity contribution is 6.29. The molecule has 170 valence electrons. The Kier molecular flexibility index (Phi) is 5.15. The van der Waals surface area contributed by atoms with Gasteiger partial charge in [0.15, 0.2) is 5.84 Å². The van der Waals surface area contributed by atoms with Gasteiger partial charge in [-0.05, 0) is 54.1 Å². The molecule has 5 aromatic rings. The van der Waals surface area contributed by atoms with Gasteiger partial charge in [0.2, 0.25) is 0 Å². The fourth-order valence-electron chi connectivity index (χ4n) is 4.51. The zero-order chi connectivity index (χ0) is 23.8. The van der Waals surface area contributed by atoms with Crippen LogP contribution in [-0.4, -0.2) is 30.8 Å². The van der Waals surface area contributed by atoms with Gasteiger partial charge in [-0.15, -0.1) is 0 Å². The van der Waals surface area contributed by atoms with Crippen LogP contribution in [0.4, 0.5) is 5.82 Å². The van der Waals surface area contributed by atoms with Gasteiger partial charge in [-0.3, -0.25) is 0 Å². The van der Waals surface area contributed by atoms with Gasteiger partial charge in [0, 0.05) is 27.5 Å². The predicted molar refractivity (Wildman–Crippen MR) is 142 cm³/mol. The molecule has 1 aliphatic heterocycles. The van der Waals surface area contributed by atoms with Crippen LogP contribution in [0.5, 0.6) is 11.5 Å². The SMILES string of the molecule is COc1ccc(C2=N/C(=N\c3[nH]c(-c4ccc(OC)cc4)c4ccccc34)c3ccccc32)cc1. The van der Waals surface area contributed by atoms with Crippen molar-refractivity contribution < 1.29 is 9.47 Å². The van der Waals surface area contributed by atoms with Crippen LogP contribution in [0.25, 0.3) is 22.0 Å². The number of benzene rings is 4. The number of hydrogen-bond donors (Lipinski definition) is 1. The molecule has 0 spiro atoms. The Labute approximate surface area is 203 Å². The molecule has 0 amide bonds. The number of fused-ring (bicyclic) bond motifs is 2. The molecule has 4 aromatic carbocycles. The van der Waals surface area contributed by atoms with E-state index < -0.39 is 0 Å². The quantitative estimate of drug-likeness (QED) is 0.316. The first-order chi connectivity index (χ1) is 17.2. The Morgan fingerprint density at radius 1 is 0.629 bits per heavy atom. The molecule has 0 radical (unpaired) electrons. The van der Waals surface area contributed by atoms with E-state index in [1.807, 2.05) is 60.7 Å². The molecule has 35 heavy (non-hydrogen) atoms. The van der Waals surface area contributed by atoms with Crippen LogP contribution in [0.2, 0.25) is 0 Å². The number of methoxy groups -OCH3 is 2. The van der Waals surface area contributed by atoms with Crippen molar-refractivity contribution in [1.82, 2.24) is 4.98 Å². The lowest BCUT2D eigenvalue weighted by molar-refractivity contribution is 0.414. The standard InChI is InChI=1S/C30H23N3O2/c1-34-21-15-11-19(12-16-21)27-23-7-3-5-9-25(23)29(31-27)33-30-26-10-6-4-8-24(26)28(32-30)20-13-17-22(35-2)18-14-20/h3-18,31H,1-2H3/b33-30-. The number of nitrogens with one attached hydrogen (secondary N) is 1. The third-order valence-electron chi connectivity index (χ3n) is 6.30. The van der Waals surface area contributed by atoms with Crippen LogP contribution < -0.4 is 9.47 Å². The van der Waals surface area contributed by atoms with Crippen molar-refractivity contribution >= 4 is 28.1 Å². The lowest BCUT2D eigenvalue weighted by Gasteiger charge is -2.04. The molecule has 0 saturated heterocycles. The first-order valence-corrected chi connectivity index (χ1v) is 11.4. The van der Waals surface area contributed by atoms with E-state index in [1.165, 1.54) is 0 Å². The van der Waals surface area contributed by atoms with E-state index >= 15 is 0 Å². The van der Waals surface area contributed by atoms with Crippen LogP contribution >= 0.6 is 0 Å². The van der Waals surface area contributed by atoms with Crippen LogP contribution in [0.3, 0.4) is 0 Å². The molecule has 1 N–H and O–H groups in total. The van der Waals surface area contributed by atoms with Crippen molar-refractivity contribution in [2.45, 2.75) is 0 Å². The molecule has 5 heteroatoms. The lowest BCUT2D eigenvalue weighted by atomic mass is 10.00. The van der Waals surface area contributed by atoms with E-state index in [-0.39, 0.29) is 0 Å². The Morgan fingerprint density at radius 2 is 1.20 bits per heavy atom. The van der Waals surface area contributed by atoms with Crippen LogP contribution in [0.15, 0.2) is 107 Å². The largest absolute Gasteiger partial charge is 0.497 e. The average Bonchev–Trinajstić information content (AvgIpc) is 3.48. The second-order valence-electron chi connectivity index (χ2n) is 8.29. The number of aliphatic imine (C=N–C) groups is 2. The molecule has 6 rings (SSSR count). The van der Waals surface area contributed by atoms with Crippen molar-refractivity contribution in [3.05, 3.63) is 114 Å². The minimum atomic E-state index is 0.694. The number of hydrogen-bond acceptors (Lipinski definition) is 3. The fraction of sp³-hybridized carbons (Fsp3) is 0.0667. The molecule has 0 unspecified atom stereocenters. The third kappa shape index (κ3) is 3.67. The van der Waals surface area contributed by atoms with E-state index in [1.54, 1.807) is 14.2 Å². The van der Waals surface area contributed by atoms with Gasteiger partial charge in [-0.2, -0.15) is 0 Å². The summed E-state index contributed by atoms with van der Waals surface area (Å²) in [7, 11) is 3.34. The summed E-state index contributed by atoms with van der Waals surface area (Å²) in [6, 6.07) is 32.5. The predicted octanol–water partition coefficient (Wildman–Crippen LogP) is 6.78. The minimum Gasteiger partial charge on any atom is -0.497 e. The zero-order valence-electron chi connectivity index (χ0n) is 19.4. The van der Waals surface area contributed by atoms with Crippen LogP contribution in [-0.2, 0) is 0 Å². The monoisotopic (exact) mass is 457 g/mol. The molecule has 1 aliphatic rings. The Morgan fingerprint density at radius 3 is 1.86 bits per heavy atom. The van der Waals surface area contributed by atoms with Gasteiger partial charge < -0.3 is 14.5 Å². The molecule has 2 heterocycles. The number of H-pyrrole nitrogens is 1. The number of nitrogens with zero attached hydrogens (tertiary/aromatic N) is 2. The van der Waals surface area contributed by atoms with Crippen molar-refractivity contribution in [2.75, 3.05) is 14.2 Å². The maximum absolute atomic E-state index is 5.33. The normalized spacial score (nSPS) is 13.7. The van der Waals surface area contributed by atoms with Crippen molar-refractivity contribution in [2.24, 2.45) is 9.98 Å². The van der Waals surface area contributed by atoms with E-state index in [0.29, 0.717) is 5.84 Å². The molecular formula is C30H23N3O2. The van der Waals surface area contributed by atoms with Crippen molar-refractivity contribution in [3.63, 3.8) is 0 Å². The topological polar surface area (TPSA) is 59.0 Å². The summed E-state index contributed by atoms with van der Waals surface area (Å²) in [5.74, 6) is 3.13. The highest BCUT2D eigenvalue weighted by Gasteiger charge is 2.23. The Hall–Kier alpha value is -4.64. The summed E-state index contributed by atoms with van der Waals surface area (Å²) in [5, 5.41) is 2.17. The molecule has 0 fully saturated rings. The summed E-state index contributed by atoms with van der Waals surface area (Å²) in [6.07, 6.45) is 0. The van der Waals surface area contributed by atoms with Gasteiger partial charge in [-0.1, -0.05) is 48.5 Å². The van der Waals surface area contributed by atoms with Gasteiger partial charge in [0.1, 0.15) is 17.3 Å². The third-order valence-corrected chi connectivity index (χ3v) is 6.30. The summed E-state index contributed by atoms with van der Waals surface area (Å²) in [4.78, 5) is 13.6. The molecule has 0 bridgehead atoms. The minimum absolute atomic E-state index is 0.694. The van der Waals surface area contributed by atoms with E-state index in [0.717, 1.165) is 61.7 Å². The number of amidine groups is 1. The molecule has 5 nitrogen and oxygen atoms in total. The van der Waals surface area contributed by atoms with Gasteiger partial charge in [0.05, 0.1) is 25.6 Å². The summed E-state index contributed by atoms with van der Waals surface area (Å²) < 4.78 is 10.6. The van der Waals surface area contributed by atoms with Gasteiger partial charge >= 0.3 is 0 Å². The number of aromatic amines is 1. The molecular weight excluding hydrogens is 434 g/mol. The van der Waals surface area contributed by atoms with Crippen LogP contribution in [0, 0.1) is 0 Å². The first-order valence-electron chi connectivity index (χ1n) is 11.4. The maximum Gasteiger partial charge on any atom is 0.162 e. The molecule has 1 aromatic heterocycles. The highest BCUT2D eigenvalue weighted by atomic mass is 16.5. The maximum atomic E-state index is 5.33. The Balaban J connectivity index is 1.49. The highest BCUT2D eigenvalue weighted by Crippen LogP contribution is 2.36. The molecule has 0 saturated carbocycles. The van der Waals surface area contributed by atoms with E-state index in [4.69, 9.17) is 19.5 Å². The van der Waals surface area contributed by atoms with Crippen molar-refractivity contribution in [3.8, 4) is 22.8 Å². The second-order valence-corrected chi connectivity index (χ2v) is 8.29. The van der Waals surface area contributed by atoms with Crippen molar-refractivity contribution in [1.29, 1.82) is 0 Å². The van der Waals surface area contributed by atoms with E-state index in [2.05, 4.69) is 41.4 Å². The molecule has 0 aliphatic carbocycles. The fourth-order valence-corrected chi connectivity index (χ4v) is 4.51. The number of aromatic nitrogens is 1. The van der Waals surface area contributed by atoms with Gasteiger partial charge in [0.25, 0.3) is 0 Å². The summed E-state index contributed by atoms with van der Waals surface area (Å²) >= 11 is 0. The number of rotatable bonds is 5. The van der Waals surface area contributed by atoms with Crippen LogP contribution in [0.1, 0.15) is 16.7 Å². The zero-order valence-corrected chi connectivity index (χ0v) is 19.4. The first kappa shape index (κ1) is 20.9. The lowest BCUT2D eigenvalue weighted by Crippen LogP contribution is -2.00. The van der Waals surface area contributed by atoms with E-state index in [9.17, 15) is 0 Å². The summed E-state index contributed by atoms with van der Waals surface area (Å²) in [5.41, 5.74) is 6.12. The summed E-state index contributed by atoms with van der Waals surface area (Å²) in [6.45, 7) is 0.